The molecule has 1 aromatic carbocycles. The van der Waals surface area contributed by atoms with Crippen molar-refractivity contribution in [2.24, 2.45) is 0 Å². The van der Waals surface area contributed by atoms with E-state index in [0.29, 0.717) is 8.83 Å². The number of aromatic nitrogens is 2. The molecule has 12 heteroatoms. The van der Waals surface area contributed by atoms with Gasteiger partial charge in [0.1, 0.15) is 0 Å². The molecule has 3 rings (SSSR count). The molecule has 0 spiro atoms. The number of carbonyl (C=O) groups excluding carboxylic acids is 3. The maximum atomic E-state index is 12.1. The highest BCUT2D eigenvalue weighted by Gasteiger charge is 2.13. The highest BCUT2D eigenvalue weighted by molar-refractivity contribution is 8.00. The average Bonchev–Trinajstić information content (AvgIpc) is 3.40. The number of rotatable bonds is 6. The van der Waals surface area contributed by atoms with Gasteiger partial charge < -0.3 is 4.74 Å². The zero-order valence-electron chi connectivity index (χ0n) is 14.9. The Morgan fingerprint density at radius 2 is 1.97 bits per heavy atom. The topological polar surface area (TPSA) is 102 Å². The molecule has 0 aliphatic rings. The number of nitrogens with zero attached hydrogens (tertiary/aromatic N) is 2. The molecule has 150 valence electrons. The van der Waals surface area contributed by atoms with Crippen LogP contribution in [0, 0.1) is 3.95 Å². The van der Waals surface area contributed by atoms with Gasteiger partial charge in [0.25, 0.3) is 11.8 Å². The number of amides is 2. The lowest BCUT2D eigenvalue weighted by molar-refractivity contribution is -0.125. The van der Waals surface area contributed by atoms with Crippen molar-refractivity contribution in [3.8, 4) is 5.69 Å². The van der Waals surface area contributed by atoms with Gasteiger partial charge in [-0.1, -0.05) is 29.2 Å². The molecule has 0 atom stereocenters. The first-order valence-corrected chi connectivity index (χ1v) is 11.3. The molecule has 0 bridgehead atoms. The van der Waals surface area contributed by atoms with Crippen LogP contribution >= 0.6 is 46.7 Å². The number of hydrazine groups is 1. The second-order valence-electron chi connectivity index (χ2n) is 5.35. The first-order chi connectivity index (χ1) is 14.0. The van der Waals surface area contributed by atoms with Crippen LogP contribution in [0.5, 0.6) is 0 Å². The van der Waals surface area contributed by atoms with E-state index in [2.05, 4.69) is 16.0 Å². The van der Waals surface area contributed by atoms with Crippen molar-refractivity contribution in [3.05, 3.63) is 56.2 Å². The molecule has 0 aliphatic carbocycles. The smallest absolute Gasteiger partial charge is 0.338 e. The fourth-order valence-corrected chi connectivity index (χ4v) is 4.49. The van der Waals surface area contributed by atoms with Crippen LogP contribution in [0.1, 0.15) is 20.0 Å². The van der Waals surface area contributed by atoms with Crippen molar-refractivity contribution < 1.29 is 19.1 Å². The summed E-state index contributed by atoms with van der Waals surface area (Å²) >= 11 is 9.43. The number of carbonyl (C=O) groups is 3. The molecule has 0 saturated heterocycles. The molecule has 29 heavy (non-hydrogen) atoms. The molecule has 8 nitrogen and oxygen atoms in total. The molecule has 2 heterocycles. The van der Waals surface area contributed by atoms with Gasteiger partial charge >= 0.3 is 5.97 Å². The number of thiophene rings is 1. The molecule has 3 aromatic rings. The molecule has 2 amide bonds. The summed E-state index contributed by atoms with van der Waals surface area (Å²) in [5.74, 6) is -1.76. The molecule has 0 unspecified atom stereocenters. The van der Waals surface area contributed by atoms with Gasteiger partial charge in [-0.25, -0.2) is 9.48 Å². The highest BCUT2D eigenvalue weighted by Crippen LogP contribution is 2.22. The Balaban J connectivity index is 1.51. The first kappa shape index (κ1) is 21.2. The summed E-state index contributed by atoms with van der Waals surface area (Å²) in [7, 11) is 0. The van der Waals surface area contributed by atoms with E-state index in [1.807, 2.05) is 6.26 Å². The normalized spacial score (nSPS) is 10.4. The van der Waals surface area contributed by atoms with E-state index < -0.39 is 24.4 Å². The molecule has 2 aromatic heterocycles. The van der Waals surface area contributed by atoms with Crippen molar-refractivity contribution in [2.45, 2.75) is 4.34 Å². The number of esters is 1. The minimum atomic E-state index is -0.664. The maximum absolute atomic E-state index is 12.1. The standard InChI is InChI=1S/C17H14N4O4S4/c1-27-16-20-21(17(26)29-16)11-6-4-10(5-7-11)15(24)25-9-13(22)18-19-14(23)12-3-2-8-28-12/h2-8H,9H2,1H3,(H,18,22)(H,19,23). The van der Waals surface area contributed by atoms with Gasteiger partial charge in [0.2, 0.25) is 0 Å². The predicted molar refractivity (Wildman–Crippen MR) is 114 cm³/mol. The van der Waals surface area contributed by atoms with Gasteiger partial charge in [0, 0.05) is 0 Å². The second kappa shape index (κ2) is 9.78. The van der Waals surface area contributed by atoms with Crippen LogP contribution < -0.4 is 10.9 Å². The second-order valence-corrected chi connectivity index (χ2v) is 8.98. The zero-order valence-corrected chi connectivity index (χ0v) is 18.2. The maximum Gasteiger partial charge on any atom is 0.338 e. The number of thioether (sulfide) groups is 1. The van der Waals surface area contributed by atoms with Crippen molar-refractivity contribution in [3.63, 3.8) is 0 Å². The summed E-state index contributed by atoms with van der Waals surface area (Å²) in [6, 6.07) is 9.85. The molecule has 0 saturated carbocycles. The van der Waals surface area contributed by atoms with Crippen LogP contribution in [0.3, 0.4) is 0 Å². The van der Waals surface area contributed by atoms with Crippen LogP contribution in [0.4, 0.5) is 0 Å². The van der Waals surface area contributed by atoms with Crippen molar-refractivity contribution in [1.82, 2.24) is 20.6 Å². The Bertz CT molecular complexity index is 1070. The quantitative estimate of drug-likeness (QED) is 0.249. The Morgan fingerprint density at radius 1 is 1.21 bits per heavy atom. The molecular formula is C17H14N4O4S4. The summed E-state index contributed by atoms with van der Waals surface area (Å²) in [6.07, 6.45) is 1.92. The van der Waals surface area contributed by atoms with E-state index in [1.54, 1.807) is 46.5 Å². The van der Waals surface area contributed by atoms with Gasteiger partial charge in [-0.3, -0.25) is 20.4 Å². The Hall–Kier alpha value is -2.54. The lowest BCUT2D eigenvalue weighted by Gasteiger charge is -2.08. The number of hydrogen-bond donors (Lipinski definition) is 2. The molecule has 0 aliphatic heterocycles. The van der Waals surface area contributed by atoms with Crippen LogP contribution in [-0.2, 0) is 9.53 Å². The van der Waals surface area contributed by atoms with E-state index >= 15 is 0 Å². The van der Waals surface area contributed by atoms with Crippen LogP contribution in [0.25, 0.3) is 5.69 Å². The van der Waals surface area contributed by atoms with Crippen molar-refractivity contribution in [1.29, 1.82) is 0 Å². The third-order valence-corrected chi connectivity index (χ3v) is 6.52. The largest absolute Gasteiger partial charge is 0.452 e. The summed E-state index contributed by atoms with van der Waals surface area (Å²) in [6.45, 7) is -0.528. The Morgan fingerprint density at radius 3 is 2.59 bits per heavy atom. The summed E-state index contributed by atoms with van der Waals surface area (Å²) in [5, 5.41) is 6.12. The number of nitrogens with one attached hydrogen (secondary N) is 2. The van der Waals surface area contributed by atoms with Gasteiger partial charge in [0.05, 0.1) is 16.1 Å². The third kappa shape index (κ3) is 5.50. The number of ether oxygens (including phenoxy) is 1. The van der Waals surface area contributed by atoms with Crippen molar-refractivity contribution in [2.75, 3.05) is 12.9 Å². The average molecular weight is 467 g/mol. The minimum absolute atomic E-state index is 0.274. The molecule has 0 fully saturated rings. The minimum Gasteiger partial charge on any atom is -0.452 e. The third-order valence-electron chi connectivity index (χ3n) is 3.45. The predicted octanol–water partition coefficient (Wildman–Crippen LogP) is 3.06. The Kier molecular flexibility index (Phi) is 7.14. The fraction of sp³-hybridized carbons (Fsp3) is 0.118. The van der Waals surface area contributed by atoms with E-state index in [1.165, 1.54) is 34.4 Å². The van der Waals surface area contributed by atoms with Crippen LogP contribution in [-0.4, -0.2) is 40.4 Å². The van der Waals surface area contributed by atoms with E-state index in [-0.39, 0.29) is 5.56 Å². The first-order valence-electron chi connectivity index (χ1n) is 8.02. The van der Waals surface area contributed by atoms with Gasteiger partial charge in [0.15, 0.2) is 14.9 Å². The van der Waals surface area contributed by atoms with E-state index in [4.69, 9.17) is 17.0 Å². The van der Waals surface area contributed by atoms with Gasteiger partial charge in [-0.15, -0.1) is 16.4 Å². The van der Waals surface area contributed by atoms with Crippen LogP contribution in [0.2, 0.25) is 0 Å². The number of hydrogen-bond acceptors (Lipinski definition) is 9. The molecular weight excluding hydrogens is 452 g/mol. The van der Waals surface area contributed by atoms with Crippen molar-refractivity contribution >= 4 is 64.4 Å². The molecule has 2 N–H and O–H groups in total. The highest BCUT2D eigenvalue weighted by atomic mass is 32.2. The SMILES string of the molecule is CSc1nn(-c2ccc(C(=O)OCC(=O)NNC(=O)c3cccs3)cc2)c(=S)s1. The van der Waals surface area contributed by atoms with E-state index in [9.17, 15) is 14.4 Å². The summed E-state index contributed by atoms with van der Waals surface area (Å²) < 4.78 is 8.02. The lowest BCUT2D eigenvalue weighted by atomic mass is 10.2. The number of benzene rings is 1. The van der Waals surface area contributed by atoms with E-state index in [0.717, 1.165) is 10.0 Å². The van der Waals surface area contributed by atoms with Gasteiger partial charge in [-0.05, 0) is 54.2 Å². The Labute approximate surface area is 182 Å². The van der Waals surface area contributed by atoms with Gasteiger partial charge in [-0.2, -0.15) is 0 Å². The summed E-state index contributed by atoms with van der Waals surface area (Å²) in [5.41, 5.74) is 5.43. The summed E-state index contributed by atoms with van der Waals surface area (Å²) in [4.78, 5) is 36.0. The zero-order chi connectivity index (χ0) is 20.8. The fourth-order valence-electron chi connectivity index (χ4n) is 2.09. The monoisotopic (exact) mass is 466 g/mol. The molecule has 0 radical (unpaired) electrons. The van der Waals surface area contributed by atoms with Crippen LogP contribution in [0.15, 0.2) is 46.1 Å². The lowest BCUT2D eigenvalue weighted by Crippen LogP contribution is -2.43.